The van der Waals surface area contributed by atoms with Crippen LogP contribution in [0.4, 0.5) is 4.79 Å². The summed E-state index contributed by atoms with van der Waals surface area (Å²) in [6, 6.07) is 13.8. The molecule has 0 aliphatic rings. The van der Waals surface area contributed by atoms with Gasteiger partial charge in [-0.05, 0) is 68.8 Å². The molecular formula is C19H21BrClNO2S. The molecule has 2 aromatic rings. The third-order valence-electron chi connectivity index (χ3n) is 3.18. The van der Waals surface area contributed by atoms with Gasteiger partial charge in [-0.1, -0.05) is 39.3 Å². The number of rotatable bonds is 4. The summed E-state index contributed by atoms with van der Waals surface area (Å²) in [6.45, 7) is 6.04. The van der Waals surface area contributed by atoms with Crippen molar-refractivity contribution in [3.63, 3.8) is 0 Å². The Bertz CT molecular complexity index is 744. The normalized spacial score (nSPS) is 11.3. The fourth-order valence-corrected chi connectivity index (χ4v) is 3.51. The van der Waals surface area contributed by atoms with Crippen LogP contribution in [0.2, 0.25) is 5.02 Å². The molecule has 0 unspecified atom stereocenters. The van der Waals surface area contributed by atoms with Gasteiger partial charge in [0.1, 0.15) is 5.60 Å². The Labute approximate surface area is 166 Å². The summed E-state index contributed by atoms with van der Waals surface area (Å²) in [5.41, 5.74) is 0.534. The zero-order valence-corrected chi connectivity index (χ0v) is 17.8. The van der Waals surface area contributed by atoms with Crippen LogP contribution in [0.1, 0.15) is 26.3 Å². The van der Waals surface area contributed by atoms with Gasteiger partial charge in [0.2, 0.25) is 0 Å². The molecule has 0 atom stereocenters. The summed E-state index contributed by atoms with van der Waals surface area (Å²) in [4.78, 5) is 16.0. The maximum absolute atomic E-state index is 12.2. The Kier molecular flexibility index (Phi) is 6.83. The SMILES string of the molecule is CN(Cc1cc(Br)ccc1Sc1ccc(Cl)cc1)C(=O)OC(C)(C)C. The lowest BCUT2D eigenvalue weighted by atomic mass is 10.2. The summed E-state index contributed by atoms with van der Waals surface area (Å²) in [5, 5.41) is 0.713. The highest BCUT2D eigenvalue weighted by atomic mass is 79.9. The molecule has 0 saturated carbocycles. The minimum Gasteiger partial charge on any atom is -0.444 e. The standard InChI is InChI=1S/C19H21BrClNO2S/c1-19(2,3)24-18(23)22(4)12-13-11-14(20)5-10-17(13)25-16-8-6-15(21)7-9-16/h5-11H,12H2,1-4H3. The van der Waals surface area contributed by atoms with E-state index in [0.717, 1.165) is 19.8 Å². The van der Waals surface area contributed by atoms with Crippen molar-refractivity contribution in [1.82, 2.24) is 4.90 Å². The second kappa shape index (κ2) is 8.47. The average Bonchev–Trinajstić information content (AvgIpc) is 2.50. The summed E-state index contributed by atoms with van der Waals surface area (Å²) in [6.07, 6.45) is -0.338. The Morgan fingerprint density at radius 3 is 2.44 bits per heavy atom. The fraction of sp³-hybridized carbons (Fsp3) is 0.316. The van der Waals surface area contributed by atoms with E-state index in [-0.39, 0.29) is 6.09 Å². The summed E-state index contributed by atoms with van der Waals surface area (Å²) in [7, 11) is 1.74. The molecule has 0 spiro atoms. The van der Waals surface area contributed by atoms with Gasteiger partial charge in [0.25, 0.3) is 0 Å². The summed E-state index contributed by atoms with van der Waals surface area (Å²) in [5.74, 6) is 0. The van der Waals surface area contributed by atoms with E-state index in [1.54, 1.807) is 23.7 Å². The quantitative estimate of drug-likeness (QED) is 0.533. The molecule has 0 saturated heterocycles. The Hall–Kier alpha value is -1.17. The van der Waals surface area contributed by atoms with E-state index in [1.807, 2.05) is 63.2 Å². The number of ether oxygens (including phenoxy) is 1. The summed E-state index contributed by atoms with van der Waals surface area (Å²) < 4.78 is 6.40. The van der Waals surface area contributed by atoms with Crippen LogP contribution in [0.3, 0.4) is 0 Å². The number of carbonyl (C=O) groups excluding carboxylic acids is 1. The first-order valence-electron chi connectivity index (χ1n) is 7.80. The number of amides is 1. The predicted octanol–water partition coefficient (Wildman–Crippen LogP) is 6.62. The van der Waals surface area contributed by atoms with Gasteiger partial charge in [-0.15, -0.1) is 0 Å². The van der Waals surface area contributed by atoms with Gasteiger partial charge in [-0.3, -0.25) is 0 Å². The van der Waals surface area contributed by atoms with E-state index in [1.165, 1.54) is 0 Å². The molecule has 0 bridgehead atoms. The van der Waals surface area contributed by atoms with Crippen LogP contribution in [-0.4, -0.2) is 23.6 Å². The highest BCUT2D eigenvalue weighted by Crippen LogP contribution is 2.33. The van der Waals surface area contributed by atoms with Crippen molar-refractivity contribution in [3.8, 4) is 0 Å². The second-order valence-corrected chi connectivity index (χ2v) is 9.11. The zero-order valence-electron chi connectivity index (χ0n) is 14.7. The van der Waals surface area contributed by atoms with E-state index in [4.69, 9.17) is 16.3 Å². The van der Waals surface area contributed by atoms with Crippen LogP contribution >= 0.6 is 39.3 Å². The smallest absolute Gasteiger partial charge is 0.410 e. The molecule has 0 aromatic heterocycles. The van der Waals surface area contributed by atoms with Crippen LogP contribution in [0.15, 0.2) is 56.7 Å². The van der Waals surface area contributed by atoms with Gasteiger partial charge in [0, 0.05) is 32.9 Å². The lowest BCUT2D eigenvalue weighted by Gasteiger charge is -2.25. The topological polar surface area (TPSA) is 29.5 Å². The minimum atomic E-state index is -0.510. The van der Waals surface area contributed by atoms with E-state index >= 15 is 0 Å². The van der Waals surface area contributed by atoms with Crippen molar-refractivity contribution in [2.75, 3.05) is 7.05 Å². The van der Waals surface area contributed by atoms with Crippen LogP contribution in [-0.2, 0) is 11.3 Å². The molecule has 6 heteroatoms. The monoisotopic (exact) mass is 441 g/mol. The van der Waals surface area contributed by atoms with Crippen LogP contribution in [0, 0.1) is 0 Å². The zero-order chi connectivity index (χ0) is 18.6. The molecule has 134 valence electrons. The van der Waals surface area contributed by atoms with Crippen LogP contribution in [0.25, 0.3) is 0 Å². The average molecular weight is 443 g/mol. The van der Waals surface area contributed by atoms with E-state index in [9.17, 15) is 4.79 Å². The first-order chi connectivity index (χ1) is 11.6. The number of nitrogens with zero attached hydrogens (tertiary/aromatic N) is 1. The molecule has 0 heterocycles. The molecule has 25 heavy (non-hydrogen) atoms. The Morgan fingerprint density at radius 2 is 1.84 bits per heavy atom. The molecular weight excluding hydrogens is 422 g/mol. The van der Waals surface area contributed by atoms with Gasteiger partial charge < -0.3 is 9.64 Å². The maximum atomic E-state index is 12.2. The number of carbonyl (C=O) groups is 1. The minimum absolute atomic E-state index is 0.338. The Morgan fingerprint density at radius 1 is 1.20 bits per heavy atom. The van der Waals surface area contributed by atoms with Gasteiger partial charge >= 0.3 is 6.09 Å². The molecule has 0 fully saturated rings. The predicted molar refractivity (Wildman–Crippen MR) is 107 cm³/mol. The van der Waals surface area contributed by atoms with Crippen molar-refractivity contribution in [3.05, 3.63) is 57.5 Å². The number of benzene rings is 2. The third-order valence-corrected chi connectivity index (χ3v) is 5.05. The Balaban J connectivity index is 2.18. The van der Waals surface area contributed by atoms with Crippen molar-refractivity contribution in [2.24, 2.45) is 0 Å². The number of halogens is 2. The number of hydrogen-bond donors (Lipinski definition) is 0. The third kappa shape index (κ3) is 6.57. The van der Waals surface area contributed by atoms with Crippen molar-refractivity contribution >= 4 is 45.4 Å². The second-order valence-electron chi connectivity index (χ2n) is 6.64. The van der Waals surface area contributed by atoms with E-state index in [0.29, 0.717) is 11.6 Å². The first-order valence-corrected chi connectivity index (χ1v) is 9.79. The first kappa shape index (κ1) is 20.1. The maximum Gasteiger partial charge on any atom is 0.410 e. The molecule has 1 amide bonds. The highest BCUT2D eigenvalue weighted by molar-refractivity contribution is 9.10. The molecule has 3 nitrogen and oxygen atoms in total. The van der Waals surface area contributed by atoms with Crippen LogP contribution < -0.4 is 0 Å². The number of hydrogen-bond acceptors (Lipinski definition) is 3. The molecule has 0 aliphatic heterocycles. The lowest BCUT2D eigenvalue weighted by Crippen LogP contribution is -2.33. The van der Waals surface area contributed by atoms with Gasteiger partial charge in [-0.2, -0.15) is 0 Å². The van der Waals surface area contributed by atoms with Crippen LogP contribution in [0.5, 0.6) is 0 Å². The highest BCUT2D eigenvalue weighted by Gasteiger charge is 2.20. The van der Waals surface area contributed by atoms with Gasteiger partial charge in [0.15, 0.2) is 0 Å². The van der Waals surface area contributed by atoms with Gasteiger partial charge in [0.05, 0.1) is 0 Å². The largest absolute Gasteiger partial charge is 0.444 e. The molecule has 0 aliphatic carbocycles. The molecule has 2 aromatic carbocycles. The van der Waals surface area contributed by atoms with Crippen molar-refractivity contribution < 1.29 is 9.53 Å². The fourth-order valence-electron chi connectivity index (χ4n) is 2.06. The van der Waals surface area contributed by atoms with Gasteiger partial charge in [-0.25, -0.2) is 4.79 Å². The van der Waals surface area contributed by atoms with Crippen molar-refractivity contribution in [1.29, 1.82) is 0 Å². The molecule has 0 radical (unpaired) electrons. The lowest BCUT2D eigenvalue weighted by molar-refractivity contribution is 0.0284. The summed E-state index contributed by atoms with van der Waals surface area (Å²) >= 11 is 11.1. The molecule has 2 rings (SSSR count). The molecule has 0 N–H and O–H groups in total. The van der Waals surface area contributed by atoms with E-state index < -0.39 is 5.60 Å². The van der Waals surface area contributed by atoms with E-state index in [2.05, 4.69) is 15.9 Å². The van der Waals surface area contributed by atoms with Crippen molar-refractivity contribution in [2.45, 2.75) is 42.7 Å².